The minimum Gasteiger partial charge on any atom is -0.379 e. The SMILES string of the molecule is Cc1cccc2sc(N(CCCN3CCOCC3)C(=O)c3ccc(S(=O)(=O)N(C)C4CCCCC4)cc3)nc12. The van der Waals surface area contributed by atoms with Crippen molar-refractivity contribution in [3.05, 3.63) is 53.6 Å². The zero-order valence-corrected chi connectivity index (χ0v) is 24.5. The van der Waals surface area contributed by atoms with Crippen molar-refractivity contribution in [1.82, 2.24) is 14.2 Å². The average Bonchev–Trinajstić information content (AvgIpc) is 3.41. The van der Waals surface area contributed by atoms with Crippen LogP contribution in [0.5, 0.6) is 0 Å². The van der Waals surface area contributed by atoms with Crippen LogP contribution in [0.15, 0.2) is 47.4 Å². The third-order valence-corrected chi connectivity index (χ3v) is 10.9. The Balaban J connectivity index is 1.36. The first-order valence-corrected chi connectivity index (χ1v) is 16.2. The third kappa shape index (κ3) is 6.36. The molecule has 10 heteroatoms. The molecule has 0 bridgehead atoms. The number of nitrogens with zero attached hydrogens (tertiary/aromatic N) is 4. The van der Waals surface area contributed by atoms with Crippen LogP contribution in [0.2, 0.25) is 0 Å². The third-order valence-electron chi connectivity index (χ3n) is 7.91. The number of aryl methyl sites for hydroxylation is 1. The van der Waals surface area contributed by atoms with Crippen LogP contribution in [-0.4, -0.2) is 81.0 Å². The largest absolute Gasteiger partial charge is 0.379 e. The molecule has 2 heterocycles. The number of carbonyl (C=O) groups is 1. The predicted molar refractivity (Wildman–Crippen MR) is 156 cm³/mol. The maximum absolute atomic E-state index is 13.8. The number of para-hydroxylation sites is 1. The standard InChI is InChI=1S/C29H38N4O4S2/c1-22-8-6-11-26-27(22)30-29(38-26)33(17-7-16-32-18-20-37-21-19-32)28(34)23-12-14-25(15-13-23)39(35,36)31(2)24-9-4-3-5-10-24/h6,8,11-15,24H,3-5,7,9-10,16-21H2,1-2H3. The van der Waals surface area contributed by atoms with Crippen LogP contribution in [0.25, 0.3) is 10.2 Å². The van der Waals surface area contributed by atoms with Crippen LogP contribution in [-0.2, 0) is 14.8 Å². The summed E-state index contributed by atoms with van der Waals surface area (Å²) < 4.78 is 34.6. The summed E-state index contributed by atoms with van der Waals surface area (Å²) >= 11 is 1.51. The molecule has 0 radical (unpaired) electrons. The van der Waals surface area contributed by atoms with Crippen molar-refractivity contribution in [3.63, 3.8) is 0 Å². The fourth-order valence-corrected chi connectivity index (χ4v) is 7.97. The van der Waals surface area contributed by atoms with E-state index in [4.69, 9.17) is 9.72 Å². The number of anilines is 1. The van der Waals surface area contributed by atoms with Gasteiger partial charge in [0.05, 0.1) is 28.3 Å². The van der Waals surface area contributed by atoms with Crippen LogP contribution in [0.1, 0.15) is 54.4 Å². The zero-order valence-electron chi connectivity index (χ0n) is 22.8. The summed E-state index contributed by atoms with van der Waals surface area (Å²) in [5.74, 6) is -0.168. The molecule has 8 nitrogen and oxygen atoms in total. The van der Waals surface area contributed by atoms with Gasteiger partial charge in [-0.15, -0.1) is 0 Å². The molecule has 1 aromatic heterocycles. The van der Waals surface area contributed by atoms with E-state index in [0.717, 1.165) is 80.7 Å². The molecule has 0 N–H and O–H groups in total. The molecule has 2 aromatic carbocycles. The molecular weight excluding hydrogens is 532 g/mol. The minimum atomic E-state index is -3.62. The summed E-state index contributed by atoms with van der Waals surface area (Å²) in [6, 6.07) is 12.5. The van der Waals surface area contributed by atoms with E-state index in [2.05, 4.69) is 4.90 Å². The molecule has 1 saturated heterocycles. The lowest BCUT2D eigenvalue weighted by Crippen LogP contribution is -2.39. The molecule has 5 rings (SSSR count). The van der Waals surface area contributed by atoms with E-state index < -0.39 is 10.0 Å². The van der Waals surface area contributed by atoms with E-state index >= 15 is 0 Å². The van der Waals surface area contributed by atoms with E-state index in [0.29, 0.717) is 17.2 Å². The van der Waals surface area contributed by atoms with Crippen LogP contribution < -0.4 is 4.90 Å². The van der Waals surface area contributed by atoms with Gasteiger partial charge in [-0.25, -0.2) is 13.4 Å². The predicted octanol–water partition coefficient (Wildman–Crippen LogP) is 4.93. The highest BCUT2D eigenvalue weighted by molar-refractivity contribution is 7.89. The Morgan fingerprint density at radius 3 is 2.49 bits per heavy atom. The van der Waals surface area contributed by atoms with Gasteiger partial charge in [-0.3, -0.25) is 14.6 Å². The van der Waals surface area contributed by atoms with Gasteiger partial charge in [0.1, 0.15) is 0 Å². The van der Waals surface area contributed by atoms with Gasteiger partial charge >= 0.3 is 0 Å². The second kappa shape index (κ2) is 12.4. The maximum atomic E-state index is 13.8. The van der Waals surface area contributed by atoms with Gasteiger partial charge in [-0.05, 0) is 62.1 Å². The number of ether oxygens (including phenoxy) is 1. The number of amides is 1. The molecule has 0 spiro atoms. The summed E-state index contributed by atoms with van der Waals surface area (Å²) in [5, 5.41) is 0.667. The van der Waals surface area contributed by atoms with Gasteiger partial charge < -0.3 is 4.74 Å². The van der Waals surface area contributed by atoms with Crippen molar-refractivity contribution in [2.24, 2.45) is 0 Å². The first kappa shape index (κ1) is 28.2. The molecule has 1 aliphatic heterocycles. The Hall–Kier alpha value is -2.37. The number of rotatable bonds is 9. The lowest BCUT2D eigenvalue weighted by atomic mass is 9.96. The number of thiazole rings is 1. The maximum Gasteiger partial charge on any atom is 0.260 e. The molecule has 1 amide bonds. The Morgan fingerprint density at radius 1 is 1.08 bits per heavy atom. The van der Waals surface area contributed by atoms with Gasteiger partial charge in [0.2, 0.25) is 10.0 Å². The lowest BCUT2D eigenvalue weighted by Gasteiger charge is -2.30. The van der Waals surface area contributed by atoms with E-state index in [1.165, 1.54) is 22.1 Å². The van der Waals surface area contributed by atoms with Crippen molar-refractivity contribution in [3.8, 4) is 0 Å². The van der Waals surface area contributed by atoms with Crippen molar-refractivity contribution < 1.29 is 17.9 Å². The monoisotopic (exact) mass is 570 g/mol. The number of hydrogen-bond acceptors (Lipinski definition) is 7. The Kier molecular flexibility index (Phi) is 8.98. The van der Waals surface area contributed by atoms with E-state index in [1.54, 1.807) is 36.2 Å². The van der Waals surface area contributed by atoms with Gasteiger partial charge in [-0.1, -0.05) is 42.7 Å². The number of aromatic nitrogens is 1. The molecule has 2 fully saturated rings. The van der Waals surface area contributed by atoms with Crippen molar-refractivity contribution in [2.75, 3.05) is 51.3 Å². The van der Waals surface area contributed by atoms with E-state index in [-0.39, 0.29) is 16.8 Å². The van der Waals surface area contributed by atoms with E-state index in [9.17, 15) is 13.2 Å². The van der Waals surface area contributed by atoms with Gasteiger partial charge in [0, 0.05) is 44.8 Å². The molecule has 1 saturated carbocycles. The molecule has 39 heavy (non-hydrogen) atoms. The highest BCUT2D eigenvalue weighted by Gasteiger charge is 2.29. The number of carbonyl (C=O) groups excluding carboxylic acids is 1. The summed E-state index contributed by atoms with van der Waals surface area (Å²) in [5.41, 5.74) is 2.44. The zero-order chi connectivity index (χ0) is 27.4. The lowest BCUT2D eigenvalue weighted by molar-refractivity contribution is 0.0376. The summed E-state index contributed by atoms with van der Waals surface area (Å²) in [6.45, 7) is 6.72. The number of sulfonamides is 1. The fraction of sp³-hybridized carbons (Fsp3) is 0.517. The highest BCUT2D eigenvalue weighted by atomic mass is 32.2. The van der Waals surface area contributed by atoms with Crippen molar-refractivity contribution in [2.45, 2.75) is 56.4 Å². The van der Waals surface area contributed by atoms with Crippen molar-refractivity contribution >= 4 is 42.6 Å². The fourth-order valence-electron chi connectivity index (χ4n) is 5.48. The first-order chi connectivity index (χ1) is 18.8. The molecular formula is C29H38N4O4S2. The smallest absolute Gasteiger partial charge is 0.260 e. The Morgan fingerprint density at radius 2 is 1.79 bits per heavy atom. The average molecular weight is 571 g/mol. The van der Waals surface area contributed by atoms with Gasteiger partial charge in [0.15, 0.2) is 5.13 Å². The topological polar surface area (TPSA) is 83.0 Å². The number of morpholine rings is 1. The first-order valence-electron chi connectivity index (χ1n) is 13.9. The van der Waals surface area contributed by atoms with Gasteiger partial charge in [-0.2, -0.15) is 4.31 Å². The molecule has 3 aromatic rings. The molecule has 0 unspecified atom stereocenters. The molecule has 0 atom stereocenters. The molecule has 210 valence electrons. The molecule has 2 aliphatic rings. The van der Waals surface area contributed by atoms with Crippen molar-refractivity contribution in [1.29, 1.82) is 0 Å². The second-order valence-electron chi connectivity index (χ2n) is 10.5. The second-order valence-corrected chi connectivity index (χ2v) is 13.5. The number of fused-ring (bicyclic) bond motifs is 1. The highest BCUT2D eigenvalue weighted by Crippen LogP contribution is 2.32. The summed E-state index contributed by atoms with van der Waals surface area (Å²) in [4.78, 5) is 23.0. The Bertz CT molecular complexity index is 1380. The quantitative estimate of drug-likeness (QED) is 0.363. The number of hydrogen-bond donors (Lipinski definition) is 0. The number of benzene rings is 2. The van der Waals surface area contributed by atoms with Crippen LogP contribution in [0, 0.1) is 6.92 Å². The Labute approximate surface area is 235 Å². The summed E-state index contributed by atoms with van der Waals surface area (Å²) in [7, 11) is -1.94. The van der Waals surface area contributed by atoms with Crippen LogP contribution in [0.4, 0.5) is 5.13 Å². The molecule has 1 aliphatic carbocycles. The van der Waals surface area contributed by atoms with E-state index in [1.807, 2.05) is 25.1 Å². The van der Waals surface area contributed by atoms with Gasteiger partial charge in [0.25, 0.3) is 5.91 Å². The summed E-state index contributed by atoms with van der Waals surface area (Å²) in [6.07, 6.45) is 5.88. The van der Waals surface area contributed by atoms with Crippen LogP contribution in [0.3, 0.4) is 0 Å². The normalized spacial score (nSPS) is 17.6. The van der Waals surface area contributed by atoms with Crippen LogP contribution >= 0.6 is 11.3 Å². The minimum absolute atomic E-state index is 0.0366.